The van der Waals surface area contributed by atoms with Gasteiger partial charge in [-0.25, -0.2) is 9.59 Å². The van der Waals surface area contributed by atoms with Gasteiger partial charge in [0.2, 0.25) is 5.91 Å². The van der Waals surface area contributed by atoms with Crippen LogP contribution in [0.5, 0.6) is 0 Å². The molecule has 1 aromatic carbocycles. The lowest BCUT2D eigenvalue weighted by Gasteiger charge is -2.24. The molecule has 0 saturated heterocycles. The zero-order valence-electron chi connectivity index (χ0n) is 11.1. The minimum absolute atomic E-state index is 0.104. The zero-order chi connectivity index (χ0) is 15.8. The molecule has 0 heterocycles. The van der Waals surface area contributed by atoms with Gasteiger partial charge in [-0.05, 0) is 12.0 Å². The Labute approximate surface area is 120 Å². The quantitative estimate of drug-likeness (QED) is 0.609. The molecule has 1 atom stereocenters. The molecule has 0 spiro atoms. The first-order valence-electron chi connectivity index (χ1n) is 6.12. The molecule has 1 rings (SSSR count). The Morgan fingerprint density at radius 3 is 2.29 bits per heavy atom. The molecule has 114 valence electrons. The first kappa shape index (κ1) is 16.4. The zero-order valence-corrected chi connectivity index (χ0v) is 11.1. The predicted molar refractivity (Wildman–Crippen MR) is 70.9 cm³/mol. The average molecular weight is 296 g/mol. The fourth-order valence-electron chi connectivity index (χ4n) is 1.62. The maximum Gasteiger partial charge on any atom is 0.432 e. The molecule has 0 fully saturated rings. The summed E-state index contributed by atoms with van der Waals surface area (Å²) in [7, 11) is 0. The molecule has 4 N–H and O–H groups in total. The number of carboxylic acids is 1. The third kappa shape index (κ3) is 5.49. The van der Waals surface area contributed by atoms with Crippen LogP contribution in [0, 0.1) is 0 Å². The Balaban J connectivity index is 2.74. The molecule has 0 aliphatic rings. The van der Waals surface area contributed by atoms with E-state index < -0.39 is 24.0 Å². The first-order chi connectivity index (χ1) is 9.91. The Morgan fingerprint density at radius 2 is 1.81 bits per heavy atom. The molecule has 0 radical (unpaired) electrons. The highest BCUT2D eigenvalue weighted by atomic mass is 16.7. The van der Waals surface area contributed by atoms with E-state index in [0.717, 1.165) is 0 Å². The molecule has 1 aromatic rings. The van der Waals surface area contributed by atoms with Gasteiger partial charge in [0.25, 0.3) is 0 Å². The molecule has 0 bridgehead atoms. The second-order valence-electron chi connectivity index (χ2n) is 4.23. The molecular weight excluding hydrogens is 280 g/mol. The van der Waals surface area contributed by atoms with Crippen molar-refractivity contribution in [2.24, 2.45) is 5.73 Å². The maximum atomic E-state index is 11.1. The number of hydrogen-bond donors (Lipinski definition) is 3. The van der Waals surface area contributed by atoms with E-state index in [0.29, 0.717) is 10.6 Å². The molecular formula is C13H16N2O6. The van der Waals surface area contributed by atoms with E-state index in [-0.39, 0.29) is 19.4 Å². The van der Waals surface area contributed by atoms with Crippen molar-refractivity contribution in [3.8, 4) is 0 Å². The van der Waals surface area contributed by atoms with Gasteiger partial charge in [0, 0.05) is 6.42 Å². The Hall–Kier alpha value is -2.61. The molecule has 21 heavy (non-hydrogen) atoms. The van der Waals surface area contributed by atoms with E-state index in [1.165, 1.54) is 0 Å². The number of nitrogens with zero attached hydrogens (tertiary/aromatic N) is 1. The van der Waals surface area contributed by atoms with Gasteiger partial charge in [0.1, 0.15) is 6.61 Å². The minimum Gasteiger partial charge on any atom is -0.480 e. The third-order valence-corrected chi connectivity index (χ3v) is 2.63. The average Bonchev–Trinajstić information content (AvgIpc) is 2.42. The number of nitrogens with two attached hydrogens (primary N) is 1. The Kier molecular flexibility index (Phi) is 6.15. The van der Waals surface area contributed by atoms with Gasteiger partial charge < -0.3 is 15.9 Å². The van der Waals surface area contributed by atoms with Crippen LogP contribution in [-0.4, -0.2) is 39.3 Å². The molecule has 8 heteroatoms. The highest BCUT2D eigenvalue weighted by molar-refractivity contribution is 5.80. The number of rotatable bonds is 8. The number of amides is 2. The van der Waals surface area contributed by atoms with Crippen LogP contribution in [0.3, 0.4) is 0 Å². The van der Waals surface area contributed by atoms with Crippen LogP contribution in [0.4, 0.5) is 4.79 Å². The number of benzene rings is 1. The minimum atomic E-state index is -1.55. The van der Waals surface area contributed by atoms with Crippen molar-refractivity contribution in [3.05, 3.63) is 35.9 Å². The van der Waals surface area contributed by atoms with E-state index in [2.05, 4.69) is 0 Å². The molecule has 0 aromatic heterocycles. The molecule has 0 unspecified atom stereocenters. The number of hydrogen-bond acceptors (Lipinski definition) is 4. The lowest BCUT2D eigenvalue weighted by atomic mass is 10.1. The van der Waals surface area contributed by atoms with Crippen molar-refractivity contribution in [1.82, 2.24) is 5.06 Å². The fraction of sp³-hybridized carbons (Fsp3) is 0.308. The first-order valence-corrected chi connectivity index (χ1v) is 6.12. The number of carbonyl (C=O) groups is 3. The summed E-state index contributed by atoms with van der Waals surface area (Å²) in [5.74, 6) is -2.12. The van der Waals surface area contributed by atoms with Gasteiger partial charge in [0.15, 0.2) is 6.04 Å². The molecule has 8 nitrogen and oxygen atoms in total. The fourth-order valence-corrected chi connectivity index (χ4v) is 1.62. The van der Waals surface area contributed by atoms with Gasteiger partial charge in [-0.1, -0.05) is 30.3 Å². The number of aliphatic carboxylic acids is 1. The Morgan fingerprint density at radius 1 is 1.19 bits per heavy atom. The Bertz CT molecular complexity index is 505. The maximum absolute atomic E-state index is 11.1. The van der Waals surface area contributed by atoms with Crippen molar-refractivity contribution >= 4 is 18.0 Å². The molecule has 0 saturated carbocycles. The molecule has 0 aliphatic carbocycles. The van der Waals surface area contributed by atoms with Crippen molar-refractivity contribution in [1.29, 1.82) is 0 Å². The summed E-state index contributed by atoms with van der Waals surface area (Å²) in [6.07, 6.45) is -2.07. The van der Waals surface area contributed by atoms with Gasteiger partial charge in [-0.3, -0.25) is 9.63 Å². The van der Waals surface area contributed by atoms with Gasteiger partial charge in [0.05, 0.1) is 0 Å². The van der Waals surface area contributed by atoms with Crippen LogP contribution >= 0.6 is 0 Å². The number of carbonyl (C=O) groups excluding carboxylic acids is 1. The third-order valence-electron chi connectivity index (χ3n) is 2.63. The van der Waals surface area contributed by atoms with Crippen LogP contribution in [0.1, 0.15) is 18.4 Å². The highest BCUT2D eigenvalue weighted by Crippen LogP contribution is 2.12. The van der Waals surface area contributed by atoms with Crippen LogP contribution in [0.2, 0.25) is 0 Å². The smallest absolute Gasteiger partial charge is 0.432 e. The summed E-state index contributed by atoms with van der Waals surface area (Å²) in [6, 6.07) is 7.18. The van der Waals surface area contributed by atoms with Crippen molar-refractivity contribution in [2.45, 2.75) is 25.5 Å². The predicted octanol–water partition coefficient (Wildman–Crippen LogP) is 0.817. The summed E-state index contributed by atoms with van der Waals surface area (Å²) >= 11 is 0. The van der Waals surface area contributed by atoms with Gasteiger partial charge >= 0.3 is 12.1 Å². The van der Waals surface area contributed by atoms with Gasteiger partial charge in [-0.2, -0.15) is 5.06 Å². The number of hydroxylamine groups is 2. The van der Waals surface area contributed by atoms with Crippen LogP contribution < -0.4 is 5.73 Å². The van der Waals surface area contributed by atoms with Crippen LogP contribution in [-0.2, 0) is 21.0 Å². The summed E-state index contributed by atoms with van der Waals surface area (Å²) in [6.45, 7) is -0.104. The lowest BCUT2D eigenvalue weighted by molar-refractivity contribution is -0.186. The van der Waals surface area contributed by atoms with E-state index in [1.54, 1.807) is 30.3 Å². The number of primary amides is 1. The van der Waals surface area contributed by atoms with E-state index in [4.69, 9.17) is 20.8 Å². The van der Waals surface area contributed by atoms with Crippen LogP contribution in [0.15, 0.2) is 30.3 Å². The van der Waals surface area contributed by atoms with E-state index in [9.17, 15) is 14.4 Å². The normalized spacial score (nSPS) is 11.6. The summed E-state index contributed by atoms with van der Waals surface area (Å²) in [4.78, 5) is 38.0. The van der Waals surface area contributed by atoms with Crippen molar-refractivity contribution < 1.29 is 29.4 Å². The monoisotopic (exact) mass is 296 g/mol. The van der Waals surface area contributed by atoms with Crippen LogP contribution in [0.25, 0.3) is 0 Å². The molecule has 0 aliphatic heterocycles. The van der Waals surface area contributed by atoms with E-state index >= 15 is 0 Å². The highest BCUT2D eigenvalue weighted by Gasteiger charge is 2.31. The second-order valence-corrected chi connectivity index (χ2v) is 4.23. The number of carboxylic acid groups (broad SMARTS) is 2. The van der Waals surface area contributed by atoms with Crippen molar-refractivity contribution in [2.75, 3.05) is 0 Å². The molecule has 2 amide bonds. The summed E-state index contributed by atoms with van der Waals surface area (Å²) in [5, 5.41) is 18.5. The van der Waals surface area contributed by atoms with Gasteiger partial charge in [-0.15, -0.1) is 0 Å². The standard InChI is InChI=1S/C13H16N2O6/c14-11(16)7-6-10(12(17)18)15(13(19)20)21-8-9-4-2-1-3-5-9/h1-5,10H,6-8H2,(H2,14,16)(H,17,18)(H,19,20)/t10-/m0/s1. The second kappa shape index (κ2) is 7.85. The summed E-state index contributed by atoms with van der Waals surface area (Å²) in [5.41, 5.74) is 5.63. The largest absolute Gasteiger partial charge is 0.480 e. The SMILES string of the molecule is NC(=O)CC[C@@H](C(=O)O)N(OCc1ccccc1)C(=O)O. The topological polar surface area (TPSA) is 130 Å². The van der Waals surface area contributed by atoms with E-state index in [1.807, 2.05) is 0 Å². The summed E-state index contributed by atoms with van der Waals surface area (Å²) < 4.78 is 0. The lowest BCUT2D eigenvalue weighted by Crippen LogP contribution is -2.44. The van der Waals surface area contributed by atoms with Crippen molar-refractivity contribution in [3.63, 3.8) is 0 Å².